The van der Waals surface area contributed by atoms with Crippen LogP contribution < -0.4 is 16.0 Å². The zero-order valence-corrected chi connectivity index (χ0v) is 16.3. The highest BCUT2D eigenvalue weighted by Crippen LogP contribution is 2.15. The van der Waals surface area contributed by atoms with Gasteiger partial charge in [-0.3, -0.25) is 4.79 Å². The zero-order valence-electron chi connectivity index (χ0n) is 15.6. The summed E-state index contributed by atoms with van der Waals surface area (Å²) >= 11 is 5.90. The van der Waals surface area contributed by atoms with E-state index in [9.17, 15) is 9.59 Å². The number of nitrogens with zero attached hydrogens (tertiary/aromatic N) is 3. The molecule has 8 nitrogen and oxygen atoms in total. The van der Waals surface area contributed by atoms with E-state index in [-0.39, 0.29) is 18.0 Å². The van der Waals surface area contributed by atoms with Crippen LogP contribution in [0, 0.1) is 0 Å². The minimum atomic E-state index is -0.334. The summed E-state index contributed by atoms with van der Waals surface area (Å²) in [7, 11) is 0. The quantitative estimate of drug-likeness (QED) is 0.592. The summed E-state index contributed by atoms with van der Waals surface area (Å²) in [5.41, 5.74) is 2.56. The molecule has 0 aliphatic rings. The minimum Gasteiger partial charge on any atom is -0.350 e. The fourth-order valence-electron chi connectivity index (χ4n) is 2.64. The lowest BCUT2D eigenvalue weighted by molar-refractivity contribution is 0.0943. The number of hydrogen-bond donors (Lipinski definition) is 3. The first-order chi connectivity index (χ1) is 13.4. The summed E-state index contributed by atoms with van der Waals surface area (Å²) in [6, 6.07) is 11.9. The number of rotatable bonds is 6. The van der Waals surface area contributed by atoms with Crippen molar-refractivity contribution in [2.75, 3.05) is 11.9 Å². The molecule has 3 amide bonds. The number of fused-ring (bicyclic) bond motifs is 1. The Kier molecular flexibility index (Phi) is 6.10. The molecule has 0 aliphatic carbocycles. The highest BCUT2D eigenvalue weighted by molar-refractivity contribution is 6.30. The third kappa shape index (κ3) is 4.98. The maximum atomic E-state index is 12.1. The monoisotopic (exact) mass is 400 g/mol. The Labute approximate surface area is 167 Å². The molecule has 0 atom stereocenters. The molecule has 1 aromatic heterocycles. The van der Waals surface area contributed by atoms with E-state index >= 15 is 0 Å². The van der Waals surface area contributed by atoms with Crippen molar-refractivity contribution in [2.24, 2.45) is 0 Å². The van der Waals surface area contributed by atoms with E-state index in [1.54, 1.807) is 47.1 Å². The lowest BCUT2D eigenvalue weighted by atomic mass is 10.2. The first-order valence-corrected chi connectivity index (χ1v) is 9.24. The van der Waals surface area contributed by atoms with Gasteiger partial charge in [0.25, 0.3) is 5.91 Å². The van der Waals surface area contributed by atoms with E-state index in [0.29, 0.717) is 34.9 Å². The molecule has 0 saturated carbocycles. The predicted octanol–water partition coefficient (Wildman–Crippen LogP) is 3.04. The molecular weight excluding hydrogens is 380 g/mol. The largest absolute Gasteiger partial charge is 0.350 e. The third-order valence-corrected chi connectivity index (χ3v) is 4.12. The lowest BCUT2D eigenvalue weighted by Crippen LogP contribution is -2.31. The van der Waals surface area contributed by atoms with E-state index in [1.165, 1.54) is 0 Å². The molecule has 3 N–H and O–H groups in total. The molecule has 0 unspecified atom stereocenters. The average molecular weight is 401 g/mol. The predicted molar refractivity (Wildman–Crippen MR) is 109 cm³/mol. The SMILES string of the molecule is CC(C)NC(=O)c1ccc2c(c1)nnn2CCNC(=O)Nc1cccc(Cl)c1. The van der Waals surface area contributed by atoms with Gasteiger partial charge in [-0.05, 0) is 50.2 Å². The fourth-order valence-corrected chi connectivity index (χ4v) is 2.83. The fraction of sp³-hybridized carbons (Fsp3) is 0.263. The molecular formula is C19H21ClN6O2. The van der Waals surface area contributed by atoms with Crippen LogP contribution in [-0.2, 0) is 6.54 Å². The van der Waals surface area contributed by atoms with Crippen molar-refractivity contribution >= 4 is 40.3 Å². The number of benzene rings is 2. The number of halogens is 1. The summed E-state index contributed by atoms with van der Waals surface area (Å²) in [4.78, 5) is 24.1. The van der Waals surface area contributed by atoms with Crippen LogP contribution in [0.5, 0.6) is 0 Å². The Bertz CT molecular complexity index is 1000. The molecule has 0 radical (unpaired) electrons. The van der Waals surface area contributed by atoms with Crippen LogP contribution >= 0.6 is 11.6 Å². The molecule has 0 aliphatic heterocycles. The molecule has 146 valence electrons. The Hall–Kier alpha value is -3.13. The van der Waals surface area contributed by atoms with Gasteiger partial charge >= 0.3 is 6.03 Å². The van der Waals surface area contributed by atoms with Crippen LogP contribution in [0.15, 0.2) is 42.5 Å². The van der Waals surface area contributed by atoms with Crippen molar-refractivity contribution in [1.29, 1.82) is 0 Å². The Morgan fingerprint density at radius 1 is 1.18 bits per heavy atom. The van der Waals surface area contributed by atoms with E-state index in [2.05, 4.69) is 26.3 Å². The number of carbonyl (C=O) groups is 2. The van der Waals surface area contributed by atoms with Crippen LogP contribution in [0.1, 0.15) is 24.2 Å². The third-order valence-electron chi connectivity index (χ3n) is 3.89. The van der Waals surface area contributed by atoms with Crippen molar-refractivity contribution in [3.05, 3.63) is 53.1 Å². The molecule has 2 aromatic carbocycles. The van der Waals surface area contributed by atoms with E-state index < -0.39 is 0 Å². The summed E-state index contributed by atoms with van der Waals surface area (Å²) in [6.45, 7) is 4.61. The Morgan fingerprint density at radius 3 is 2.75 bits per heavy atom. The van der Waals surface area contributed by atoms with Gasteiger partial charge in [-0.2, -0.15) is 0 Å². The summed E-state index contributed by atoms with van der Waals surface area (Å²) < 4.78 is 1.68. The van der Waals surface area contributed by atoms with Crippen LogP contribution in [-0.4, -0.2) is 39.5 Å². The van der Waals surface area contributed by atoms with E-state index in [4.69, 9.17) is 11.6 Å². The molecule has 0 bridgehead atoms. The first-order valence-electron chi connectivity index (χ1n) is 8.87. The van der Waals surface area contributed by atoms with Gasteiger partial charge in [0.2, 0.25) is 0 Å². The van der Waals surface area contributed by atoms with E-state index in [1.807, 2.05) is 13.8 Å². The second-order valence-electron chi connectivity index (χ2n) is 6.54. The van der Waals surface area contributed by atoms with Gasteiger partial charge in [0.15, 0.2) is 0 Å². The van der Waals surface area contributed by atoms with Crippen molar-refractivity contribution in [2.45, 2.75) is 26.4 Å². The van der Waals surface area contributed by atoms with Gasteiger partial charge in [-0.15, -0.1) is 5.10 Å². The first kappa shape index (κ1) is 19.6. The lowest BCUT2D eigenvalue weighted by Gasteiger charge is -2.09. The number of carbonyl (C=O) groups excluding carboxylic acids is 2. The van der Waals surface area contributed by atoms with Gasteiger partial charge in [-0.1, -0.05) is 22.9 Å². The molecule has 28 heavy (non-hydrogen) atoms. The number of hydrogen-bond acceptors (Lipinski definition) is 4. The smallest absolute Gasteiger partial charge is 0.319 e. The molecule has 9 heteroatoms. The van der Waals surface area contributed by atoms with Gasteiger partial charge in [0.05, 0.1) is 12.1 Å². The summed E-state index contributed by atoms with van der Waals surface area (Å²) in [6.07, 6.45) is 0. The molecule has 0 spiro atoms. The summed E-state index contributed by atoms with van der Waals surface area (Å²) in [5, 5.41) is 17.1. The Balaban J connectivity index is 1.57. The maximum Gasteiger partial charge on any atom is 0.319 e. The van der Waals surface area contributed by atoms with Crippen molar-refractivity contribution in [3.8, 4) is 0 Å². The van der Waals surface area contributed by atoms with Crippen LogP contribution in [0.2, 0.25) is 5.02 Å². The minimum absolute atomic E-state index is 0.0583. The second kappa shape index (κ2) is 8.71. The highest BCUT2D eigenvalue weighted by atomic mass is 35.5. The van der Waals surface area contributed by atoms with Crippen molar-refractivity contribution < 1.29 is 9.59 Å². The van der Waals surface area contributed by atoms with Crippen LogP contribution in [0.3, 0.4) is 0 Å². The number of amides is 3. The topological polar surface area (TPSA) is 101 Å². The molecule has 3 aromatic rings. The second-order valence-corrected chi connectivity index (χ2v) is 6.97. The summed E-state index contributed by atoms with van der Waals surface area (Å²) in [5.74, 6) is -0.147. The number of anilines is 1. The normalized spacial score (nSPS) is 10.9. The highest BCUT2D eigenvalue weighted by Gasteiger charge is 2.11. The van der Waals surface area contributed by atoms with Crippen molar-refractivity contribution in [1.82, 2.24) is 25.6 Å². The van der Waals surface area contributed by atoms with Gasteiger partial charge < -0.3 is 16.0 Å². The van der Waals surface area contributed by atoms with E-state index in [0.717, 1.165) is 5.52 Å². The van der Waals surface area contributed by atoms with Crippen LogP contribution in [0.25, 0.3) is 11.0 Å². The maximum absolute atomic E-state index is 12.1. The zero-order chi connectivity index (χ0) is 20.1. The van der Waals surface area contributed by atoms with Gasteiger partial charge in [0, 0.05) is 28.9 Å². The molecule has 0 saturated heterocycles. The number of urea groups is 1. The van der Waals surface area contributed by atoms with Crippen LogP contribution in [0.4, 0.5) is 10.5 Å². The van der Waals surface area contributed by atoms with Gasteiger partial charge in [-0.25, -0.2) is 9.48 Å². The molecule has 0 fully saturated rings. The van der Waals surface area contributed by atoms with Crippen molar-refractivity contribution in [3.63, 3.8) is 0 Å². The average Bonchev–Trinajstić information content (AvgIpc) is 3.03. The number of aromatic nitrogens is 3. The Morgan fingerprint density at radius 2 is 2.00 bits per heavy atom. The molecule has 1 heterocycles. The standard InChI is InChI=1S/C19H21ClN6O2/c1-12(2)22-18(27)13-6-7-17-16(10-13)24-25-26(17)9-8-21-19(28)23-15-5-3-4-14(20)11-15/h3-7,10-12H,8-9H2,1-2H3,(H,22,27)(H2,21,23,28). The molecule has 3 rings (SSSR count). The number of nitrogens with one attached hydrogen (secondary N) is 3. The van der Waals surface area contributed by atoms with Gasteiger partial charge in [0.1, 0.15) is 5.52 Å².